The third-order valence-corrected chi connectivity index (χ3v) is 2.26. The van der Waals surface area contributed by atoms with E-state index in [-0.39, 0.29) is 24.1 Å². The molecule has 0 atom stereocenters. The van der Waals surface area contributed by atoms with Crippen LogP contribution in [0.3, 0.4) is 0 Å². The fraction of sp³-hybridized carbons (Fsp3) is 0.125. The molecule has 0 heterocycles. The lowest BCUT2D eigenvalue weighted by atomic mass is 10.4. The molecule has 2 aliphatic carbocycles. The number of hydrogen-bond acceptors (Lipinski definition) is 4. The molecule has 104 valence electrons. The summed E-state index contributed by atoms with van der Waals surface area (Å²) in [5, 5.41) is 0. The van der Waals surface area contributed by atoms with E-state index in [4.69, 9.17) is 9.47 Å². The van der Waals surface area contributed by atoms with Gasteiger partial charge in [0.15, 0.2) is 0 Å². The summed E-state index contributed by atoms with van der Waals surface area (Å²) in [6.07, 6.45) is 16.4. The van der Waals surface area contributed by atoms with Crippen molar-refractivity contribution >= 4 is 11.9 Å². The standard InChI is InChI=1S/2C8H8O2/c2*1-2-8(9)10-7-5-3-4-6-7/h2*2-7H,1H2. The van der Waals surface area contributed by atoms with Gasteiger partial charge in [-0.3, -0.25) is 0 Å². The summed E-state index contributed by atoms with van der Waals surface area (Å²) in [4.78, 5) is 21.1. The zero-order chi connectivity index (χ0) is 14.8. The molecule has 0 radical (unpaired) electrons. The molecule has 2 aliphatic rings. The molecule has 4 nitrogen and oxygen atoms in total. The van der Waals surface area contributed by atoms with Crippen LogP contribution in [0.2, 0.25) is 0 Å². The van der Waals surface area contributed by atoms with Crippen molar-refractivity contribution in [2.24, 2.45) is 0 Å². The molecule has 0 saturated heterocycles. The van der Waals surface area contributed by atoms with Crippen molar-refractivity contribution in [2.45, 2.75) is 12.2 Å². The normalized spacial score (nSPS) is 15.6. The predicted molar refractivity (Wildman–Crippen MR) is 76.7 cm³/mol. The van der Waals surface area contributed by atoms with Gasteiger partial charge in [0.2, 0.25) is 0 Å². The number of carbonyl (C=O) groups is 2. The van der Waals surface area contributed by atoms with Gasteiger partial charge in [-0.15, -0.1) is 0 Å². The molecule has 0 bridgehead atoms. The van der Waals surface area contributed by atoms with Crippen LogP contribution in [0.25, 0.3) is 0 Å². The molecule has 0 saturated carbocycles. The molecular weight excluding hydrogens is 256 g/mol. The van der Waals surface area contributed by atoms with Crippen molar-refractivity contribution in [1.82, 2.24) is 0 Å². The van der Waals surface area contributed by atoms with Gasteiger partial charge in [-0.2, -0.15) is 0 Å². The van der Waals surface area contributed by atoms with E-state index in [1.54, 1.807) is 24.3 Å². The molecule has 0 amide bonds. The van der Waals surface area contributed by atoms with E-state index in [2.05, 4.69) is 13.2 Å². The van der Waals surface area contributed by atoms with Gasteiger partial charge in [0.1, 0.15) is 12.2 Å². The Hall–Kier alpha value is -2.62. The first-order chi connectivity index (χ1) is 9.65. The Labute approximate surface area is 118 Å². The Kier molecular flexibility index (Phi) is 6.54. The van der Waals surface area contributed by atoms with Crippen LogP contribution in [0.4, 0.5) is 0 Å². The first kappa shape index (κ1) is 15.4. The summed E-state index contributed by atoms with van der Waals surface area (Å²) in [6.45, 7) is 6.56. The molecule has 0 fully saturated rings. The van der Waals surface area contributed by atoms with Gasteiger partial charge >= 0.3 is 11.9 Å². The maximum absolute atomic E-state index is 10.6. The van der Waals surface area contributed by atoms with Crippen LogP contribution < -0.4 is 0 Å². The number of hydrogen-bond donors (Lipinski definition) is 0. The molecule has 0 aliphatic heterocycles. The second kappa shape index (κ2) is 8.48. The lowest BCUT2D eigenvalue weighted by Gasteiger charge is -2.03. The largest absolute Gasteiger partial charge is 0.451 e. The number of esters is 2. The number of allylic oxidation sites excluding steroid dienone is 4. The Morgan fingerprint density at radius 1 is 0.750 bits per heavy atom. The highest BCUT2D eigenvalue weighted by Crippen LogP contribution is 2.04. The van der Waals surface area contributed by atoms with Crippen LogP contribution in [0.15, 0.2) is 73.9 Å². The van der Waals surface area contributed by atoms with Gasteiger partial charge in [-0.1, -0.05) is 37.5 Å². The number of ether oxygens (including phenoxy) is 2. The minimum absolute atomic E-state index is 0.189. The van der Waals surface area contributed by atoms with Gasteiger partial charge in [-0.25, -0.2) is 9.59 Å². The second-order valence-corrected chi connectivity index (χ2v) is 3.75. The molecule has 0 aromatic heterocycles. The maximum atomic E-state index is 10.6. The molecule has 0 spiro atoms. The van der Waals surface area contributed by atoms with E-state index in [1.165, 1.54) is 0 Å². The SMILES string of the molecule is C=CC(=O)OC1C=CC=C1.C=CC(=O)OC1C=CC=C1. The molecule has 4 heteroatoms. The topological polar surface area (TPSA) is 52.6 Å². The average Bonchev–Trinajstić information content (AvgIpc) is 3.12. The van der Waals surface area contributed by atoms with Crippen molar-refractivity contribution in [1.29, 1.82) is 0 Å². The van der Waals surface area contributed by atoms with Crippen LogP contribution in [0.5, 0.6) is 0 Å². The van der Waals surface area contributed by atoms with Crippen LogP contribution in [0, 0.1) is 0 Å². The van der Waals surface area contributed by atoms with Crippen molar-refractivity contribution < 1.29 is 19.1 Å². The summed E-state index contributed by atoms with van der Waals surface area (Å²) in [7, 11) is 0. The van der Waals surface area contributed by atoms with E-state index < -0.39 is 0 Å². The van der Waals surface area contributed by atoms with Gasteiger partial charge in [0, 0.05) is 12.2 Å². The maximum Gasteiger partial charge on any atom is 0.331 e. The smallest absolute Gasteiger partial charge is 0.331 e. The summed E-state index contributed by atoms with van der Waals surface area (Å²) >= 11 is 0. The lowest BCUT2D eigenvalue weighted by molar-refractivity contribution is -0.140. The van der Waals surface area contributed by atoms with E-state index >= 15 is 0 Å². The molecule has 2 rings (SSSR count). The fourth-order valence-electron chi connectivity index (χ4n) is 1.34. The zero-order valence-corrected chi connectivity index (χ0v) is 11.0. The summed E-state index contributed by atoms with van der Waals surface area (Å²) < 4.78 is 9.66. The van der Waals surface area contributed by atoms with Crippen molar-refractivity contribution in [3.63, 3.8) is 0 Å². The highest BCUT2D eigenvalue weighted by molar-refractivity contribution is 5.82. The third kappa shape index (κ3) is 5.82. The van der Waals surface area contributed by atoms with E-state index in [0.29, 0.717) is 0 Å². The first-order valence-corrected chi connectivity index (χ1v) is 6.02. The van der Waals surface area contributed by atoms with Crippen LogP contribution in [0.1, 0.15) is 0 Å². The van der Waals surface area contributed by atoms with Gasteiger partial charge < -0.3 is 9.47 Å². The third-order valence-electron chi connectivity index (χ3n) is 2.26. The van der Waals surface area contributed by atoms with Crippen molar-refractivity contribution in [2.75, 3.05) is 0 Å². The molecule has 0 unspecified atom stereocenters. The first-order valence-electron chi connectivity index (χ1n) is 6.02. The van der Waals surface area contributed by atoms with Gasteiger partial charge in [-0.05, 0) is 24.3 Å². The van der Waals surface area contributed by atoms with Crippen molar-refractivity contribution in [3.05, 3.63) is 73.9 Å². The minimum Gasteiger partial charge on any atom is -0.451 e. The quantitative estimate of drug-likeness (QED) is 0.582. The molecule has 0 aromatic rings. The Morgan fingerprint density at radius 2 is 1.05 bits per heavy atom. The van der Waals surface area contributed by atoms with Crippen LogP contribution in [-0.4, -0.2) is 24.1 Å². The van der Waals surface area contributed by atoms with E-state index in [1.807, 2.05) is 24.3 Å². The van der Waals surface area contributed by atoms with E-state index in [9.17, 15) is 9.59 Å². The highest BCUT2D eigenvalue weighted by Gasteiger charge is 2.06. The minimum atomic E-state index is -0.388. The fourth-order valence-corrected chi connectivity index (χ4v) is 1.34. The summed E-state index contributed by atoms with van der Waals surface area (Å²) in [6, 6.07) is 0. The van der Waals surface area contributed by atoms with Gasteiger partial charge in [0.25, 0.3) is 0 Å². The Morgan fingerprint density at radius 3 is 1.30 bits per heavy atom. The summed E-state index contributed by atoms with van der Waals surface area (Å²) in [5.74, 6) is -0.776. The Bertz CT molecular complexity index is 425. The zero-order valence-electron chi connectivity index (χ0n) is 11.0. The summed E-state index contributed by atoms with van der Waals surface area (Å²) in [5.41, 5.74) is 0. The molecule has 0 N–H and O–H groups in total. The number of carbonyl (C=O) groups excluding carboxylic acids is 2. The number of rotatable bonds is 4. The average molecular weight is 272 g/mol. The predicted octanol–water partition coefficient (Wildman–Crippen LogP) is 2.42. The molecular formula is C16H16O4. The highest BCUT2D eigenvalue weighted by atomic mass is 16.5. The lowest BCUT2D eigenvalue weighted by Crippen LogP contribution is -2.09. The molecule has 20 heavy (non-hydrogen) atoms. The van der Waals surface area contributed by atoms with Gasteiger partial charge in [0.05, 0.1) is 0 Å². The monoisotopic (exact) mass is 272 g/mol. The van der Waals surface area contributed by atoms with E-state index in [0.717, 1.165) is 12.2 Å². The second-order valence-electron chi connectivity index (χ2n) is 3.75. The van der Waals surface area contributed by atoms with Crippen molar-refractivity contribution in [3.8, 4) is 0 Å². The van der Waals surface area contributed by atoms with Crippen LogP contribution in [-0.2, 0) is 19.1 Å². The molecule has 0 aromatic carbocycles. The van der Waals surface area contributed by atoms with Crippen LogP contribution >= 0.6 is 0 Å². The Balaban J connectivity index is 0.000000200.